The topological polar surface area (TPSA) is 46.6 Å². The highest BCUT2D eigenvalue weighted by Gasteiger charge is 2.56. The van der Waals surface area contributed by atoms with E-state index in [4.69, 9.17) is 4.18 Å². The van der Waals surface area contributed by atoms with Crippen LogP contribution >= 0.6 is 23.5 Å². The fourth-order valence-corrected chi connectivity index (χ4v) is 10.6. The summed E-state index contributed by atoms with van der Waals surface area (Å²) in [5, 5.41) is 0. The molecule has 0 radical (unpaired) electrons. The van der Waals surface area contributed by atoms with E-state index in [2.05, 4.69) is 35.3 Å². The van der Waals surface area contributed by atoms with Gasteiger partial charge in [0.25, 0.3) is 10.1 Å². The fourth-order valence-electron chi connectivity index (χ4n) is 5.98. The minimum absolute atomic E-state index is 0.218. The lowest BCUT2D eigenvalue weighted by Gasteiger charge is -2.56. The molecular weight excluding hydrogens is 422 g/mol. The number of nitrogens with zero attached hydrogens (tertiary/aromatic N) is 1. The van der Waals surface area contributed by atoms with Crippen molar-refractivity contribution in [2.75, 3.05) is 11.5 Å². The number of rotatable bonds is 3. The molecule has 29 heavy (non-hydrogen) atoms. The van der Waals surface area contributed by atoms with Gasteiger partial charge in [0.05, 0.1) is 15.1 Å². The Morgan fingerprint density at radius 1 is 1.07 bits per heavy atom. The van der Waals surface area contributed by atoms with E-state index in [9.17, 15) is 8.42 Å². The average molecular weight is 454 g/mol. The molecule has 4 saturated heterocycles. The molecule has 4 aliphatic heterocycles. The van der Waals surface area contributed by atoms with Crippen molar-refractivity contribution < 1.29 is 12.6 Å². The van der Waals surface area contributed by atoms with Gasteiger partial charge in [-0.25, -0.2) is 0 Å². The van der Waals surface area contributed by atoms with Crippen LogP contribution in [-0.4, -0.2) is 53.1 Å². The molecule has 4 fully saturated rings. The van der Waals surface area contributed by atoms with Gasteiger partial charge in [-0.1, -0.05) is 24.6 Å². The molecule has 5 atom stereocenters. The van der Waals surface area contributed by atoms with Crippen LogP contribution in [0.1, 0.15) is 51.0 Å². The van der Waals surface area contributed by atoms with Crippen molar-refractivity contribution in [3.63, 3.8) is 0 Å². The lowest BCUT2D eigenvalue weighted by atomic mass is 9.81. The van der Waals surface area contributed by atoms with Gasteiger partial charge in [-0.3, -0.25) is 9.08 Å². The molecule has 4 aliphatic rings. The van der Waals surface area contributed by atoms with Crippen molar-refractivity contribution in [1.29, 1.82) is 0 Å². The predicted molar refractivity (Wildman–Crippen MR) is 121 cm³/mol. The Bertz CT molecular complexity index is 851. The molecule has 1 aromatic rings. The lowest BCUT2D eigenvalue weighted by Crippen LogP contribution is -2.63. The van der Waals surface area contributed by atoms with Crippen molar-refractivity contribution >= 4 is 33.6 Å². The molecule has 1 aromatic carbocycles. The first-order chi connectivity index (χ1) is 13.9. The Balaban J connectivity index is 1.44. The second kappa shape index (κ2) is 7.73. The summed E-state index contributed by atoms with van der Waals surface area (Å²) in [6.07, 6.45) is 6.70. The van der Waals surface area contributed by atoms with E-state index in [-0.39, 0.29) is 21.1 Å². The van der Waals surface area contributed by atoms with Crippen LogP contribution in [0.25, 0.3) is 0 Å². The molecule has 0 aromatic heterocycles. The number of hydrogen-bond donors (Lipinski definition) is 0. The third-order valence-corrected chi connectivity index (χ3v) is 12.1. The largest absolute Gasteiger partial charge is 0.297 e. The molecule has 4 nitrogen and oxygen atoms in total. The first-order valence-electron chi connectivity index (χ1n) is 10.9. The Kier molecular flexibility index (Phi) is 5.51. The Morgan fingerprint density at radius 2 is 1.79 bits per heavy atom. The zero-order valence-corrected chi connectivity index (χ0v) is 19.7. The summed E-state index contributed by atoms with van der Waals surface area (Å²) in [6.45, 7) is 4.25. The Morgan fingerprint density at radius 3 is 2.52 bits per heavy atom. The first-order valence-corrected chi connectivity index (χ1v) is 14.3. The van der Waals surface area contributed by atoms with Gasteiger partial charge in [0.15, 0.2) is 0 Å². The van der Waals surface area contributed by atoms with Crippen LogP contribution in [0.3, 0.4) is 0 Å². The molecule has 5 rings (SSSR count). The van der Waals surface area contributed by atoms with Gasteiger partial charge in [0.2, 0.25) is 0 Å². The summed E-state index contributed by atoms with van der Waals surface area (Å²) in [7, 11) is -3.75. The van der Waals surface area contributed by atoms with Gasteiger partial charge in [-0.05, 0) is 75.0 Å². The van der Waals surface area contributed by atoms with Gasteiger partial charge in [0, 0.05) is 18.1 Å². The zero-order chi connectivity index (χ0) is 20.2. The third-order valence-electron chi connectivity index (χ3n) is 7.32. The molecule has 1 spiro atoms. The van der Waals surface area contributed by atoms with Crippen molar-refractivity contribution in [2.45, 2.75) is 85.6 Å². The van der Waals surface area contributed by atoms with Crippen LogP contribution in [0.5, 0.6) is 0 Å². The van der Waals surface area contributed by atoms with E-state index >= 15 is 0 Å². The van der Waals surface area contributed by atoms with Gasteiger partial charge >= 0.3 is 0 Å². The van der Waals surface area contributed by atoms with Crippen LogP contribution < -0.4 is 0 Å². The minimum atomic E-state index is -3.75. The molecule has 0 unspecified atom stereocenters. The van der Waals surface area contributed by atoms with Crippen LogP contribution in [0.4, 0.5) is 0 Å². The Hall–Kier alpha value is -0.210. The summed E-state index contributed by atoms with van der Waals surface area (Å²) in [6, 6.07) is 8.45. The highest BCUT2D eigenvalue weighted by Crippen LogP contribution is 2.57. The normalized spacial score (nSPS) is 36.8. The monoisotopic (exact) mass is 453 g/mol. The molecule has 160 valence electrons. The molecule has 7 heteroatoms. The first kappa shape index (κ1) is 20.7. The predicted octanol–water partition coefficient (Wildman–Crippen LogP) is 4.67. The molecule has 0 aliphatic carbocycles. The molecule has 4 heterocycles. The van der Waals surface area contributed by atoms with E-state index in [0.29, 0.717) is 18.0 Å². The number of thioether (sulfide) groups is 2. The number of hydrogen-bond acceptors (Lipinski definition) is 6. The minimum Gasteiger partial charge on any atom is -0.291 e. The van der Waals surface area contributed by atoms with E-state index in [1.54, 1.807) is 12.1 Å². The van der Waals surface area contributed by atoms with Crippen LogP contribution in [0.15, 0.2) is 29.2 Å². The van der Waals surface area contributed by atoms with Crippen LogP contribution in [0.2, 0.25) is 0 Å². The SMILES string of the molecule is Cc1ccc(S(=O)(=O)O[C@@H]2C[C@H](C)[C@H]3CC[C@@H]4CC5(C[C@H]2N43)SCCCS5)cc1. The summed E-state index contributed by atoms with van der Waals surface area (Å²) in [5.74, 6) is 2.95. The van der Waals surface area contributed by atoms with Gasteiger partial charge in [0.1, 0.15) is 0 Å². The van der Waals surface area contributed by atoms with Crippen molar-refractivity contribution in [3.05, 3.63) is 29.8 Å². The van der Waals surface area contributed by atoms with Crippen molar-refractivity contribution in [3.8, 4) is 0 Å². The number of piperidine rings is 2. The average Bonchev–Trinajstić information content (AvgIpc) is 3.11. The quantitative estimate of drug-likeness (QED) is 0.620. The van der Waals surface area contributed by atoms with E-state index < -0.39 is 10.1 Å². The summed E-state index contributed by atoms with van der Waals surface area (Å²) >= 11 is 4.26. The van der Waals surface area contributed by atoms with E-state index in [1.807, 2.05) is 19.1 Å². The van der Waals surface area contributed by atoms with Crippen LogP contribution in [-0.2, 0) is 14.3 Å². The van der Waals surface area contributed by atoms with Gasteiger partial charge in [-0.2, -0.15) is 8.42 Å². The van der Waals surface area contributed by atoms with Crippen molar-refractivity contribution in [1.82, 2.24) is 4.90 Å². The van der Waals surface area contributed by atoms with Gasteiger partial charge < -0.3 is 0 Å². The Labute approximate surface area is 183 Å². The maximum atomic E-state index is 13.1. The second-order valence-corrected chi connectivity index (χ2v) is 14.1. The molecule has 0 saturated carbocycles. The lowest BCUT2D eigenvalue weighted by molar-refractivity contribution is -0.0537. The van der Waals surface area contributed by atoms with Crippen LogP contribution in [0, 0.1) is 12.8 Å². The zero-order valence-electron chi connectivity index (χ0n) is 17.2. The summed E-state index contributed by atoms with van der Waals surface area (Å²) in [5.41, 5.74) is 1.05. The highest BCUT2D eigenvalue weighted by atomic mass is 32.2. The fraction of sp³-hybridized carbons (Fsp3) is 0.727. The summed E-state index contributed by atoms with van der Waals surface area (Å²) < 4.78 is 32.5. The standard InChI is InChI=1S/C22H31NO3S3/c1-15-4-7-18(8-5-15)29(24,25)26-21-12-16(2)19-9-6-17-13-22(14-20(21)23(17)19)27-10-3-11-28-22/h4-5,7-8,16-17,19-21H,3,6,9-14H2,1-2H3/t16-,17+,19+,20+,21+/m0/s1. The maximum Gasteiger partial charge on any atom is 0.297 e. The smallest absolute Gasteiger partial charge is 0.291 e. The van der Waals surface area contributed by atoms with Gasteiger partial charge in [-0.15, -0.1) is 23.5 Å². The number of benzene rings is 1. The molecular formula is C22H31NO3S3. The molecule has 0 bridgehead atoms. The van der Waals surface area contributed by atoms with E-state index in [1.165, 1.54) is 37.2 Å². The number of aryl methyl sites for hydroxylation is 1. The highest BCUT2D eigenvalue weighted by molar-refractivity contribution is 8.18. The second-order valence-electron chi connectivity index (χ2n) is 9.30. The summed E-state index contributed by atoms with van der Waals surface area (Å²) in [4.78, 5) is 2.97. The maximum absolute atomic E-state index is 13.1. The van der Waals surface area contributed by atoms with Crippen molar-refractivity contribution in [2.24, 2.45) is 5.92 Å². The molecule has 0 N–H and O–H groups in total. The third kappa shape index (κ3) is 3.79. The van der Waals surface area contributed by atoms with E-state index in [0.717, 1.165) is 18.4 Å². The molecule has 0 amide bonds.